The van der Waals surface area contributed by atoms with Crippen LogP contribution in [0.5, 0.6) is 0 Å². The average molecular weight is 465 g/mol. The number of hydrogen-bond acceptors (Lipinski definition) is 3. The molecule has 1 aliphatic heterocycles. The topological polar surface area (TPSA) is 66.5 Å². The largest absolute Gasteiger partial charge is 0.349 e. The molecule has 3 aromatic carbocycles. The number of ketones is 1. The number of likely N-dealkylation sites (tertiary alicyclic amines) is 1. The zero-order valence-electron chi connectivity index (χ0n) is 17.8. The molecule has 1 aliphatic rings. The predicted octanol–water partition coefficient (Wildman–Crippen LogP) is 4.74. The maximum atomic E-state index is 13.2. The molecule has 1 fully saturated rings. The van der Waals surface area contributed by atoms with E-state index in [-0.39, 0.29) is 23.6 Å². The molecule has 4 rings (SSSR count). The van der Waals surface area contributed by atoms with Crippen LogP contribution in [0.15, 0.2) is 72.8 Å². The first-order valence-electron chi connectivity index (χ1n) is 10.7. The Balaban J connectivity index is 1.41. The van der Waals surface area contributed by atoms with Gasteiger partial charge in [-0.25, -0.2) is 4.39 Å². The fourth-order valence-electron chi connectivity index (χ4n) is 3.89. The van der Waals surface area contributed by atoms with Crippen molar-refractivity contribution in [3.8, 4) is 0 Å². The van der Waals surface area contributed by atoms with Crippen LogP contribution in [0, 0.1) is 5.82 Å². The molecular weight excluding hydrogens is 443 g/mol. The second-order valence-corrected chi connectivity index (χ2v) is 8.36. The summed E-state index contributed by atoms with van der Waals surface area (Å²) in [5.41, 5.74) is 1.55. The summed E-state index contributed by atoms with van der Waals surface area (Å²) >= 11 is 5.92. The summed E-state index contributed by atoms with van der Waals surface area (Å²) in [4.78, 5) is 40.3. The fraction of sp³-hybridized carbons (Fsp3) is 0.192. The number of hydrogen-bond donors (Lipinski definition) is 1. The zero-order valence-corrected chi connectivity index (χ0v) is 18.5. The monoisotopic (exact) mass is 464 g/mol. The highest BCUT2D eigenvalue weighted by Crippen LogP contribution is 2.21. The molecule has 7 heteroatoms. The highest BCUT2D eigenvalue weighted by molar-refractivity contribution is 6.30. The van der Waals surface area contributed by atoms with Crippen molar-refractivity contribution in [3.05, 3.63) is 106 Å². The predicted molar refractivity (Wildman–Crippen MR) is 124 cm³/mol. The molecule has 0 unspecified atom stereocenters. The number of benzene rings is 3. The maximum Gasteiger partial charge on any atom is 0.254 e. The summed E-state index contributed by atoms with van der Waals surface area (Å²) in [7, 11) is 0. The Hall–Kier alpha value is -3.51. The smallest absolute Gasteiger partial charge is 0.254 e. The lowest BCUT2D eigenvalue weighted by atomic mass is 9.96. The summed E-state index contributed by atoms with van der Waals surface area (Å²) in [6, 6.07) is 18.6. The lowest BCUT2D eigenvalue weighted by Gasteiger charge is -2.32. The van der Waals surface area contributed by atoms with Gasteiger partial charge < -0.3 is 10.2 Å². The van der Waals surface area contributed by atoms with Gasteiger partial charge in [0.05, 0.1) is 5.56 Å². The molecule has 2 amide bonds. The number of halogens is 2. The summed E-state index contributed by atoms with van der Waals surface area (Å²) in [5, 5.41) is 3.48. The standard InChI is InChI=1S/C26H22ClFN2O3/c27-19-9-5-17(6-10-19)24(31)22-3-1-2-4-23(22)26(33)30-15-13-21(14-16-30)29-25(32)18-7-11-20(28)12-8-18/h1-12,21H,13-16H2,(H,29,32). The third-order valence-corrected chi connectivity index (χ3v) is 5.98. The Kier molecular flexibility index (Phi) is 6.84. The van der Waals surface area contributed by atoms with Gasteiger partial charge in [-0.2, -0.15) is 0 Å². The number of piperidine rings is 1. The highest BCUT2D eigenvalue weighted by atomic mass is 35.5. The van der Waals surface area contributed by atoms with Crippen LogP contribution in [-0.2, 0) is 0 Å². The molecule has 0 bridgehead atoms. The van der Waals surface area contributed by atoms with Crippen molar-refractivity contribution in [2.24, 2.45) is 0 Å². The molecule has 1 N–H and O–H groups in total. The SMILES string of the molecule is O=C(NC1CCN(C(=O)c2ccccc2C(=O)c2ccc(Cl)cc2)CC1)c1ccc(F)cc1. The Morgan fingerprint density at radius 2 is 1.39 bits per heavy atom. The number of rotatable bonds is 5. The minimum atomic E-state index is -0.395. The number of carbonyl (C=O) groups excluding carboxylic acids is 3. The van der Waals surface area contributed by atoms with Crippen molar-refractivity contribution in [2.75, 3.05) is 13.1 Å². The lowest BCUT2D eigenvalue weighted by Crippen LogP contribution is -2.46. The van der Waals surface area contributed by atoms with Gasteiger partial charge in [0.1, 0.15) is 5.82 Å². The average Bonchev–Trinajstić information content (AvgIpc) is 2.84. The van der Waals surface area contributed by atoms with Crippen molar-refractivity contribution in [1.29, 1.82) is 0 Å². The van der Waals surface area contributed by atoms with E-state index in [2.05, 4.69) is 5.32 Å². The van der Waals surface area contributed by atoms with Gasteiger partial charge in [-0.05, 0) is 67.4 Å². The molecule has 0 saturated carbocycles. The van der Waals surface area contributed by atoms with Gasteiger partial charge in [-0.3, -0.25) is 14.4 Å². The van der Waals surface area contributed by atoms with E-state index in [4.69, 9.17) is 11.6 Å². The quantitative estimate of drug-likeness (QED) is 0.554. The Morgan fingerprint density at radius 1 is 0.818 bits per heavy atom. The van der Waals surface area contributed by atoms with Crippen LogP contribution < -0.4 is 5.32 Å². The van der Waals surface area contributed by atoms with Crippen molar-refractivity contribution in [3.63, 3.8) is 0 Å². The molecule has 33 heavy (non-hydrogen) atoms. The van der Waals surface area contributed by atoms with E-state index < -0.39 is 5.82 Å². The summed E-state index contributed by atoms with van der Waals surface area (Å²) < 4.78 is 13.1. The maximum absolute atomic E-state index is 13.2. The first-order chi connectivity index (χ1) is 15.9. The van der Waals surface area contributed by atoms with E-state index in [0.717, 1.165) is 0 Å². The second-order valence-electron chi connectivity index (χ2n) is 7.93. The number of nitrogens with one attached hydrogen (secondary N) is 1. The van der Waals surface area contributed by atoms with Crippen molar-refractivity contribution < 1.29 is 18.8 Å². The van der Waals surface area contributed by atoms with E-state index in [1.807, 2.05) is 0 Å². The minimum Gasteiger partial charge on any atom is -0.349 e. The molecule has 3 aromatic rings. The second kappa shape index (κ2) is 9.96. The van der Waals surface area contributed by atoms with E-state index in [1.54, 1.807) is 53.4 Å². The first-order valence-corrected chi connectivity index (χ1v) is 11.0. The van der Waals surface area contributed by atoms with Gasteiger partial charge >= 0.3 is 0 Å². The minimum absolute atomic E-state index is 0.0856. The van der Waals surface area contributed by atoms with Crippen molar-refractivity contribution >= 4 is 29.2 Å². The van der Waals surface area contributed by atoms with Gasteiger partial charge in [0.15, 0.2) is 5.78 Å². The molecule has 5 nitrogen and oxygen atoms in total. The van der Waals surface area contributed by atoms with E-state index in [1.165, 1.54) is 24.3 Å². The highest BCUT2D eigenvalue weighted by Gasteiger charge is 2.27. The number of carbonyl (C=O) groups is 3. The van der Waals surface area contributed by atoms with Gasteiger partial charge in [0, 0.05) is 40.8 Å². The van der Waals surface area contributed by atoms with Gasteiger partial charge in [0.25, 0.3) is 11.8 Å². The molecular formula is C26H22ClFN2O3. The van der Waals surface area contributed by atoms with Crippen LogP contribution in [0.2, 0.25) is 5.02 Å². The van der Waals surface area contributed by atoms with Crippen LogP contribution in [0.25, 0.3) is 0 Å². The van der Waals surface area contributed by atoms with Crippen LogP contribution >= 0.6 is 11.6 Å². The molecule has 1 saturated heterocycles. The fourth-order valence-corrected chi connectivity index (χ4v) is 4.02. The lowest BCUT2D eigenvalue weighted by molar-refractivity contribution is 0.0694. The molecule has 0 spiro atoms. The third-order valence-electron chi connectivity index (χ3n) is 5.73. The third kappa shape index (κ3) is 5.29. The van der Waals surface area contributed by atoms with Crippen LogP contribution in [0.3, 0.4) is 0 Å². The van der Waals surface area contributed by atoms with Crippen molar-refractivity contribution in [1.82, 2.24) is 10.2 Å². The number of nitrogens with zero attached hydrogens (tertiary/aromatic N) is 1. The first kappa shape index (κ1) is 22.7. The van der Waals surface area contributed by atoms with E-state index in [0.29, 0.717) is 53.2 Å². The zero-order chi connectivity index (χ0) is 23.4. The Morgan fingerprint density at radius 3 is 2.03 bits per heavy atom. The normalized spacial score (nSPS) is 14.1. The van der Waals surface area contributed by atoms with Crippen LogP contribution in [0.1, 0.15) is 49.5 Å². The summed E-state index contributed by atoms with van der Waals surface area (Å²) in [6.07, 6.45) is 1.18. The van der Waals surface area contributed by atoms with Crippen LogP contribution in [-0.4, -0.2) is 41.6 Å². The molecule has 0 aromatic heterocycles. The molecule has 0 radical (unpaired) electrons. The Bertz CT molecular complexity index is 1170. The van der Waals surface area contributed by atoms with Gasteiger partial charge in [-0.15, -0.1) is 0 Å². The molecule has 1 heterocycles. The van der Waals surface area contributed by atoms with Gasteiger partial charge in [0.2, 0.25) is 0 Å². The Labute approximate surface area is 196 Å². The molecule has 0 atom stereocenters. The molecule has 168 valence electrons. The van der Waals surface area contributed by atoms with E-state index in [9.17, 15) is 18.8 Å². The van der Waals surface area contributed by atoms with Crippen molar-refractivity contribution in [2.45, 2.75) is 18.9 Å². The number of amides is 2. The molecule has 0 aliphatic carbocycles. The van der Waals surface area contributed by atoms with Gasteiger partial charge in [-0.1, -0.05) is 29.8 Å². The van der Waals surface area contributed by atoms with Crippen LogP contribution in [0.4, 0.5) is 4.39 Å². The summed E-state index contributed by atoms with van der Waals surface area (Å²) in [5.74, 6) is -1.11. The summed E-state index contributed by atoms with van der Waals surface area (Å²) in [6.45, 7) is 0.910. The van der Waals surface area contributed by atoms with E-state index >= 15 is 0 Å².